The summed E-state index contributed by atoms with van der Waals surface area (Å²) in [5, 5.41) is 0. The van der Waals surface area contributed by atoms with E-state index in [1.54, 1.807) is 0 Å². The van der Waals surface area contributed by atoms with Crippen LogP contribution in [0.5, 0.6) is 0 Å². The third-order valence-corrected chi connectivity index (χ3v) is 6.28. The Morgan fingerprint density at radius 2 is 1.92 bits per heavy atom. The van der Waals surface area contributed by atoms with Gasteiger partial charge >= 0.3 is 0 Å². The van der Waals surface area contributed by atoms with Crippen LogP contribution in [0.3, 0.4) is 0 Å². The summed E-state index contributed by atoms with van der Waals surface area (Å²) >= 11 is 0. The minimum absolute atomic E-state index is 0.0687. The average molecular weight is 333 g/mol. The Balaban J connectivity index is 1.80. The third-order valence-electron chi connectivity index (χ3n) is 6.28. The highest BCUT2D eigenvalue weighted by Crippen LogP contribution is 2.65. The zero-order valence-corrected chi connectivity index (χ0v) is 15.5. The van der Waals surface area contributed by atoms with Gasteiger partial charge in [-0.15, -0.1) is 0 Å². The van der Waals surface area contributed by atoms with Gasteiger partial charge in [0.15, 0.2) is 0 Å². The molecule has 2 bridgehead atoms. The van der Waals surface area contributed by atoms with Gasteiger partial charge in [-0.1, -0.05) is 49.0 Å². The van der Waals surface area contributed by atoms with Gasteiger partial charge < -0.3 is 4.74 Å². The summed E-state index contributed by atoms with van der Waals surface area (Å²) in [6.45, 7) is 2.83. The summed E-state index contributed by atoms with van der Waals surface area (Å²) in [7, 11) is 4.38. The van der Waals surface area contributed by atoms with Crippen molar-refractivity contribution in [2.75, 3.05) is 20.7 Å². The molecule has 0 heterocycles. The van der Waals surface area contributed by atoms with E-state index in [9.17, 15) is 0 Å². The van der Waals surface area contributed by atoms with Gasteiger partial charge in [0.2, 0.25) is 0 Å². The molecular weight excluding hydrogens is 306 g/mol. The van der Waals surface area contributed by atoms with Gasteiger partial charge in [-0.2, -0.15) is 0 Å². The fourth-order valence-electron chi connectivity index (χ4n) is 5.23. The van der Waals surface area contributed by atoms with Gasteiger partial charge in [0.1, 0.15) is 5.76 Å². The molecule has 130 valence electrons. The minimum atomic E-state index is -0.104. The highest BCUT2D eigenvalue weighted by molar-refractivity contribution is 5.59. The van der Waals surface area contributed by atoms with E-state index < -0.39 is 0 Å². The second-order valence-corrected chi connectivity index (χ2v) is 7.67. The largest absolute Gasteiger partial charge is 0.498 e. The van der Waals surface area contributed by atoms with Crippen molar-refractivity contribution in [3.63, 3.8) is 0 Å². The molecule has 0 N–H and O–H groups in total. The molecule has 1 aromatic carbocycles. The summed E-state index contributed by atoms with van der Waals surface area (Å²) in [4.78, 5) is 2.36. The first-order valence-corrected chi connectivity index (χ1v) is 9.47. The number of allylic oxidation sites excluding steroid dienone is 1. The van der Waals surface area contributed by atoms with Crippen LogP contribution in [-0.4, -0.2) is 31.1 Å². The average Bonchev–Trinajstić information content (AvgIpc) is 3.08. The molecule has 1 aromatic rings. The van der Waals surface area contributed by atoms with Crippen LogP contribution < -0.4 is 0 Å². The van der Waals surface area contributed by atoms with Crippen molar-refractivity contribution >= 4 is 0 Å². The number of nitrogens with zero attached hydrogens (tertiary/aromatic N) is 1. The van der Waals surface area contributed by atoms with E-state index in [4.69, 9.17) is 4.74 Å². The molecule has 3 aliphatic carbocycles. The molecule has 0 saturated heterocycles. The molecule has 2 heteroatoms. The van der Waals surface area contributed by atoms with Crippen molar-refractivity contribution in [3.8, 4) is 11.8 Å². The lowest BCUT2D eigenvalue weighted by Crippen LogP contribution is -2.48. The van der Waals surface area contributed by atoms with Crippen molar-refractivity contribution in [2.24, 2.45) is 11.3 Å². The van der Waals surface area contributed by atoms with E-state index >= 15 is 0 Å². The van der Waals surface area contributed by atoms with Gasteiger partial charge in [-0.25, -0.2) is 0 Å². The Morgan fingerprint density at radius 1 is 1.12 bits per heavy atom. The molecule has 0 unspecified atom stereocenters. The van der Waals surface area contributed by atoms with Crippen molar-refractivity contribution in [1.29, 1.82) is 0 Å². The Morgan fingerprint density at radius 3 is 2.64 bits per heavy atom. The van der Waals surface area contributed by atoms with Crippen LogP contribution in [0.15, 0.2) is 53.8 Å². The number of ether oxygens (including phenoxy) is 1. The number of hydrogen-bond donors (Lipinski definition) is 0. The first kappa shape index (κ1) is 16.5. The van der Waals surface area contributed by atoms with Crippen molar-refractivity contribution in [2.45, 2.75) is 38.1 Å². The van der Waals surface area contributed by atoms with E-state index in [2.05, 4.69) is 62.0 Å². The maximum atomic E-state index is 6.12. The predicted molar refractivity (Wildman–Crippen MR) is 102 cm³/mol. The maximum absolute atomic E-state index is 6.12. The lowest BCUT2D eigenvalue weighted by Gasteiger charge is -2.43. The molecule has 2 nitrogen and oxygen atoms in total. The van der Waals surface area contributed by atoms with Crippen molar-refractivity contribution in [3.05, 3.63) is 59.4 Å². The topological polar surface area (TPSA) is 12.5 Å². The Bertz CT molecular complexity index is 779. The molecule has 0 spiro atoms. The fraction of sp³-hybridized carbons (Fsp3) is 0.478. The van der Waals surface area contributed by atoms with Crippen LogP contribution >= 0.6 is 0 Å². The number of rotatable bonds is 3. The van der Waals surface area contributed by atoms with Gasteiger partial charge in [0, 0.05) is 17.1 Å². The summed E-state index contributed by atoms with van der Waals surface area (Å²) in [5.74, 6) is 8.68. The van der Waals surface area contributed by atoms with Gasteiger partial charge in [0.05, 0.1) is 17.6 Å². The Labute approximate surface area is 151 Å². The molecule has 0 radical (unpaired) electrons. The molecule has 4 rings (SSSR count). The summed E-state index contributed by atoms with van der Waals surface area (Å²) < 4.78 is 6.12. The second-order valence-electron chi connectivity index (χ2n) is 7.67. The molecule has 25 heavy (non-hydrogen) atoms. The normalized spacial score (nSPS) is 32.6. The first-order valence-electron chi connectivity index (χ1n) is 9.47. The zero-order chi connectivity index (χ0) is 17.5. The van der Waals surface area contributed by atoms with E-state index in [-0.39, 0.29) is 11.0 Å². The lowest BCUT2D eigenvalue weighted by molar-refractivity contribution is 0.0728. The zero-order valence-electron chi connectivity index (χ0n) is 15.5. The highest BCUT2D eigenvalue weighted by Gasteiger charge is 2.65. The van der Waals surface area contributed by atoms with Crippen LogP contribution in [0.2, 0.25) is 0 Å². The second kappa shape index (κ2) is 6.07. The van der Waals surface area contributed by atoms with Crippen LogP contribution in [0, 0.1) is 23.2 Å². The van der Waals surface area contributed by atoms with E-state index in [1.165, 1.54) is 37.0 Å². The highest BCUT2D eigenvalue weighted by atomic mass is 16.5. The van der Waals surface area contributed by atoms with E-state index in [0.717, 1.165) is 12.2 Å². The number of hydrogen-bond acceptors (Lipinski definition) is 2. The number of likely N-dealkylation sites (N-methyl/N-ethyl adjacent to an activating group) is 1. The summed E-state index contributed by atoms with van der Waals surface area (Å²) in [6.07, 6.45) is 9.87. The van der Waals surface area contributed by atoms with Gasteiger partial charge in [-0.05, 0) is 52.1 Å². The van der Waals surface area contributed by atoms with Crippen LogP contribution in [0.25, 0.3) is 0 Å². The standard InChI is InChI=1S/C23H27NO/c1-4-25-21-17-23(24(2)3)19(14-13-18-10-6-5-7-11-18)16-22(21)15-9-8-12-20(22)23/h5-7,10-11,16-17,20H,4,8-9,12,15H2,1-3H3/t20-,22-,23-/m1/s1. The number of benzene rings is 1. The maximum Gasteiger partial charge on any atom is 0.105 e. The molecule has 3 aliphatic rings. The van der Waals surface area contributed by atoms with Crippen molar-refractivity contribution < 1.29 is 4.74 Å². The first-order chi connectivity index (χ1) is 12.1. The SMILES string of the molecule is CCOC1=C[C@@]2(N(C)C)C(C#Cc3ccccc3)=C[C@@]13CCCC[C@H]32. The van der Waals surface area contributed by atoms with Crippen LogP contribution in [-0.2, 0) is 4.74 Å². The van der Waals surface area contributed by atoms with Crippen molar-refractivity contribution in [1.82, 2.24) is 4.90 Å². The molecular formula is C23H27NO. The smallest absolute Gasteiger partial charge is 0.105 e. The minimum Gasteiger partial charge on any atom is -0.498 e. The molecule has 0 aliphatic heterocycles. The Hall–Kier alpha value is -1.98. The summed E-state index contributed by atoms with van der Waals surface area (Å²) in [6, 6.07) is 10.3. The molecule has 0 aromatic heterocycles. The van der Waals surface area contributed by atoms with Crippen LogP contribution in [0.4, 0.5) is 0 Å². The molecule has 3 atom stereocenters. The third kappa shape index (κ3) is 2.29. The Kier molecular flexibility index (Phi) is 4.01. The van der Waals surface area contributed by atoms with E-state index in [1.807, 2.05) is 18.2 Å². The van der Waals surface area contributed by atoms with E-state index in [0.29, 0.717) is 5.92 Å². The molecule has 1 fully saturated rings. The van der Waals surface area contributed by atoms with Gasteiger partial charge in [-0.3, -0.25) is 4.90 Å². The van der Waals surface area contributed by atoms with Crippen LogP contribution in [0.1, 0.15) is 38.2 Å². The monoisotopic (exact) mass is 333 g/mol. The molecule has 1 saturated carbocycles. The summed E-state index contributed by atoms with van der Waals surface area (Å²) in [5.41, 5.74) is 2.30. The predicted octanol–water partition coefficient (Wildman–Crippen LogP) is 4.39. The fourth-order valence-corrected chi connectivity index (χ4v) is 5.23. The van der Waals surface area contributed by atoms with Gasteiger partial charge in [0.25, 0.3) is 0 Å². The lowest BCUT2D eigenvalue weighted by atomic mass is 9.67. The molecule has 0 amide bonds. The quantitative estimate of drug-likeness (QED) is 0.761.